The fourth-order valence-electron chi connectivity index (χ4n) is 4.61. The van der Waals surface area contributed by atoms with Crippen LogP contribution in [0.25, 0.3) is 21.5 Å². The predicted molar refractivity (Wildman–Crippen MR) is 139 cm³/mol. The van der Waals surface area contributed by atoms with Crippen LogP contribution in [0.3, 0.4) is 0 Å². The van der Waals surface area contributed by atoms with Gasteiger partial charge in [0.25, 0.3) is 5.89 Å². The minimum absolute atomic E-state index is 0.116. The summed E-state index contributed by atoms with van der Waals surface area (Å²) in [6.07, 6.45) is 0.885. The van der Waals surface area contributed by atoms with Crippen LogP contribution in [0.2, 0.25) is 0 Å². The van der Waals surface area contributed by atoms with Crippen LogP contribution in [0.4, 0.5) is 0 Å². The number of nitrogens with zero attached hydrogens (tertiary/aromatic N) is 5. The molecule has 2 aromatic heterocycles. The van der Waals surface area contributed by atoms with Gasteiger partial charge < -0.3 is 9.32 Å². The number of aromatic nitrogens is 2. The maximum atomic E-state index is 13.1. The molecule has 5 rings (SSSR count). The average molecular weight is 490 g/mol. The van der Waals surface area contributed by atoms with E-state index in [0.29, 0.717) is 31.4 Å². The van der Waals surface area contributed by atoms with E-state index in [-0.39, 0.29) is 5.91 Å². The minimum atomic E-state index is 0.116. The third-order valence-corrected chi connectivity index (χ3v) is 7.33. The normalized spacial score (nSPS) is 15.0. The van der Waals surface area contributed by atoms with Crippen molar-refractivity contribution in [3.05, 3.63) is 71.4 Å². The Kier molecular flexibility index (Phi) is 7.51. The maximum absolute atomic E-state index is 13.1. The van der Waals surface area contributed by atoms with Crippen LogP contribution in [0.15, 0.2) is 64.4 Å². The van der Waals surface area contributed by atoms with E-state index in [1.165, 1.54) is 16.3 Å². The number of fused-ring (bicyclic) bond motifs is 1. The Labute approximate surface area is 210 Å². The van der Waals surface area contributed by atoms with Crippen molar-refractivity contribution in [2.24, 2.45) is 0 Å². The van der Waals surface area contributed by atoms with Crippen molar-refractivity contribution in [2.45, 2.75) is 26.4 Å². The molecule has 2 aromatic carbocycles. The Morgan fingerprint density at radius 1 is 1.00 bits per heavy atom. The molecular weight excluding hydrogens is 458 g/mol. The Balaban J connectivity index is 1.14. The molecule has 0 unspecified atom stereocenters. The molecular formula is C27H31N5O2S. The number of piperazine rings is 1. The molecule has 0 radical (unpaired) electrons. The molecule has 1 fully saturated rings. The van der Waals surface area contributed by atoms with Gasteiger partial charge in [-0.1, -0.05) is 55.5 Å². The summed E-state index contributed by atoms with van der Waals surface area (Å²) in [5.74, 6) is 1.11. The highest BCUT2D eigenvalue weighted by Crippen LogP contribution is 2.24. The molecule has 3 heterocycles. The van der Waals surface area contributed by atoms with Gasteiger partial charge in [0.2, 0.25) is 11.8 Å². The second-order valence-corrected chi connectivity index (χ2v) is 9.93. The lowest BCUT2D eigenvalue weighted by Crippen LogP contribution is -2.49. The van der Waals surface area contributed by atoms with E-state index in [2.05, 4.69) is 69.4 Å². The minimum Gasteiger partial charge on any atom is -0.418 e. The van der Waals surface area contributed by atoms with E-state index in [0.717, 1.165) is 44.0 Å². The van der Waals surface area contributed by atoms with Gasteiger partial charge in [0.15, 0.2) is 0 Å². The number of amides is 1. The van der Waals surface area contributed by atoms with Crippen LogP contribution < -0.4 is 0 Å². The number of hydrogen-bond donors (Lipinski definition) is 0. The average Bonchev–Trinajstić information content (AvgIpc) is 3.58. The van der Waals surface area contributed by atoms with Crippen molar-refractivity contribution >= 4 is 28.0 Å². The highest BCUT2D eigenvalue weighted by Gasteiger charge is 2.23. The first-order valence-electron chi connectivity index (χ1n) is 12.2. The van der Waals surface area contributed by atoms with Gasteiger partial charge in [-0.2, -0.15) is 0 Å². The predicted octanol–water partition coefficient (Wildman–Crippen LogP) is 4.51. The number of benzene rings is 2. The van der Waals surface area contributed by atoms with E-state index in [1.54, 1.807) is 11.3 Å². The molecule has 1 amide bonds. The second kappa shape index (κ2) is 11.1. The highest BCUT2D eigenvalue weighted by atomic mass is 32.1. The van der Waals surface area contributed by atoms with Crippen molar-refractivity contribution in [1.29, 1.82) is 0 Å². The Morgan fingerprint density at radius 2 is 1.80 bits per heavy atom. The largest absolute Gasteiger partial charge is 0.418 e. The molecule has 1 aliphatic heterocycles. The van der Waals surface area contributed by atoms with Crippen LogP contribution in [0, 0.1) is 0 Å². The van der Waals surface area contributed by atoms with E-state index in [1.807, 2.05) is 22.4 Å². The van der Waals surface area contributed by atoms with Crippen molar-refractivity contribution in [3.8, 4) is 10.8 Å². The lowest BCUT2D eigenvalue weighted by atomic mass is 10.0. The van der Waals surface area contributed by atoms with Crippen LogP contribution in [-0.4, -0.2) is 70.1 Å². The summed E-state index contributed by atoms with van der Waals surface area (Å²) in [4.78, 5) is 20.7. The summed E-state index contributed by atoms with van der Waals surface area (Å²) in [5.41, 5.74) is 1.36. The van der Waals surface area contributed by atoms with Crippen molar-refractivity contribution in [1.82, 2.24) is 24.9 Å². The van der Waals surface area contributed by atoms with Crippen LogP contribution in [0.5, 0.6) is 0 Å². The molecule has 35 heavy (non-hydrogen) atoms. The van der Waals surface area contributed by atoms with Crippen LogP contribution in [0.1, 0.15) is 24.8 Å². The molecule has 1 saturated heterocycles. The topological polar surface area (TPSA) is 65.7 Å². The third kappa shape index (κ3) is 5.78. The molecule has 0 N–H and O–H groups in total. The molecule has 0 saturated carbocycles. The van der Waals surface area contributed by atoms with Gasteiger partial charge >= 0.3 is 0 Å². The zero-order valence-electron chi connectivity index (χ0n) is 20.1. The standard InChI is InChI=1S/C27H31N5O2S/c1-2-12-32(19-25-28-29-27(34-25)24-11-6-17-35-24)26(33)20-31-15-13-30(14-16-31)18-22-9-5-8-21-7-3-4-10-23(21)22/h3-11,17H,2,12-16,18-20H2,1H3. The molecule has 7 nitrogen and oxygen atoms in total. The summed E-state index contributed by atoms with van der Waals surface area (Å²) < 4.78 is 5.82. The van der Waals surface area contributed by atoms with Gasteiger partial charge in [0.1, 0.15) is 0 Å². The first-order valence-corrected chi connectivity index (χ1v) is 13.1. The number of carbonyl (C=O) groups is 1. The zero-order valence-corrected chi connectivity index (χ0v) is 20.9. The van der Waals surface area contributed by atoms with Gasteiger partial charge in [0, 0.05) is 39.3 Å². The summed E-state index contributed by atoms with van der Waals surface area (Å²) in [7, 11) is 0. The molecule has 0 bridgehead atoms. The van der Waals surface area contributed by atoms with Gasteiger partial charge in [-0.15, -0.1) is 21.5 Å². The van der Waals surface area contributed by atoms with Crippen molar-refractivity contribution < 1.29 is 9.21 Å². The molecule has 0 spiro atoms. The van der Waals surface area contributed by atoms with Gasteiger partial charge in [-0.3, -0.25) is 14.6 Å². The molecule has 0 atom stereocenters. The maximum Gasteiger partial charge on any atom is 0.257 e. The van der Waals surface area contributed by atoms with Gasteiger partial charge in [-0.05, 0) is 34.2 Å². The van der Waals surface area contributed by atoms with E-state index in [4.69, 9.17) is 4.42 Å². The van der Waals surface area contributed by atoms with E-state index < -0.39 is 0 Å². The van der Waals surface area contributed by atoms with Crippen molar-refractivity contribution in [2.75, 3.05) is 39.3 Å². The molecule has 8 heteroatoms. The monoisotopic (exact) mass is 489 g/mol. The van der Waals surface area contributed by atoms with Gasteiger partial charge in [0.05, 0.1) is 18.0 Å². The molecule has 0 aliphatic carbocycles. The smallest absolute Gasteiger partial charge is 0.257 e. The summed E-state index contributed by atoms with van der Waals surface area (Å²) in [6, 6.07) is 19.0. The first-order chi connectivity index (χ1) is 17.2. The Bertz CT molecular complexity index is 1240. The highest BCUT2D eigenvalue weighted by molar-refractivity contribution is 7.13. The lowest BCUT2D eigenvalue weighted by molar-refractivity contribution is -0.133. The van der Waals surface area contributed by atoms with E-state index >= 15 is 0 Å². The van der Waals surface area contributed by atoms with Crippen LogP contribution >= 0.6 is 11.3 Å². The SMILES string of the molecule is CCCN(Cc1nnc(-c2cccs2)o1)C(=O)CN1CCN(Cc2cccc3ccccc23)CC1. The van der Waals surface area contributed by atoms with E-state index in [9.17, 15) is 4.79 Å². The third-order valence-electron chi connectivity index (χ3n) is 6.47. The Morgan fingerprint density at radius 3 is 2.60 bits per heavy atom. The molecule has 1 aliphatic rings. The zero-order chi connectivity index (χ0) is 24.0. The molecule has 182 valence electrons. The lowest BCUT2D eigenvalue weighted by Gasteiger charge is -2.35. The quantitative estimate of drug-likeness (QED) is 0.345. The van der Waals surface area contributed by atoms with Gasteiger partial charge in [-0.25, -0.2) is 0 Å². The van der Waals surface area contributed by atoms with Crippen LogP contribution in [-0.2, 0) is 17.9 Å². The Hall–Kier alpha value is -3.07. The summed E-state index contributed by atoms with van der Waals surface area (Å²) in [6.45, 7) is 8.16. The number of rotatable bonds is 9. The second-order valence-electron chi connectivity index (χ2n) is 8.98. The summed E-state index contributed by atoms with van der Waals surface area (Å²) in [5, 5.41) is 12.9. The number of hydrogen-bond acceptors (Lipinski definition) is 7. The fraction of sp³-hybridized carbons (Fsp3) is 0.370. The molecule has 4 aromatic rings. The first kappa shape index (κ1) is 23.7. The number of carbonyl (C=O) groups excluding carboxylic acids is 1. The fourth-order valence-corrected chi connectivity index (χ4v) is 5.25. The van der Waals surface area contributed by atoms with Crippen molar-refractivity contribution in [3.63, 3.8) is 0 Å². The number of thiophene rings is 1. The summed E-state index contributed by atoms with van der Waals surface area (Å²) >= 11 is 1.56.